The van der Waals surface area contributed by atoms with E-state index in [1.165, 1.54) is 0 Å². The van der Waals surface area contributed by atoms with Gasteiger partial charge >= 0.3 is 5.97 Å². The summed E-state index contributed by atoms with van der Waals surface area (Å²) in [5.41, 5.74) is 5.61. The number of aliphatic carboxylic acids is 1. The molecular formula is C10H18N2O3. The molecule has 15 heavy (non-hydrogen) atoms. The first kappa shape index (κ1) is 12.0. The topological polar surface area (TPSA) is 92.4 Å². The molecule has 1 amide bonds. The Morgan fingerprint density at radius 3 is 2.53 bits per heavy atom. The smallest absolute Gasteiger partial charge is 0.326 e. The van der Waals surface area contributed by atoms with Gasteiger partial charge in [-0.2, -0.15) is 0 Å². The summed E-state index contributed by atoms with van der Waals surface area (Å²) < 4.78 is 0. The number of rotatable bonds is 6. The van der Waals surface area contributed by atoms with Gasteiger partial charge in [-0.05, 0) is 25.2 Å². The van der Waals surface area contributed by atoms with Crippen LogP contribution in [0.15, 0.2) is 0 Å². The van der Waals surface area contributed by atoms with E-state index in [0.717, 1.165) is 12.8 Å². The van der Waals surface area contributed by atoms with Crippen LogP contribution in [-0.4, -0.2) is 29.1 Å². The third-order valence-electron chi connectivity index (χ3n) is 2.65. The minimum absolute atomic E-state index is 0.115. The molecule has 0 aromatic carbocycles. The average molecular weight is 214 g/mol. The quantitative estimate of drug-likeness (QED) is 0.584. The second-order valence-electron chi connectivity index (χ2n) is 4.09. The largest absolute Gasteiger partial charge is 0.480 e. The van der Waals surface area contributed by atoms with Gasteiger partial charge in [0.1, 0.15) is 6.04 Å². The summed E-state index contributed by atoms with van der Waals surface area (Å²) in [7, 11) is 0. The molecule has 0 spiro atoms. The Hall–Kier alpha value is -1.10. The molecule has 0 aromatic rings. The number of hydrogen-bond donors (Lipinski definition) is 3. The molecule has 5 heteroatoms. The predicted molar refractivity (Wildman–Crippen MR) is 55.2 cm³/mol. The van der Waals surface area contributed by atoms with Crippen molar-refractivity contribution in [3.05, 3.63) is 0 Å². The van der Waals surface area contributed by atoms with E-state index >= 15 is 0 Å². The van der Waals surface area contributed by atoms with Crippen LogP contribution in [0.2, 0.25) is 0 Å². The second kappa shape index (κ2) is 5.11. The highest BCUT2D eigenvalue weighted by atomic mass is 16.4. The van der Waals surface area contributed by atoms with Crippen LogP contribution >= 0.6 is 0 Å². The lowest BCUT2D eigenvalue weighted by molar-refractivity contribution is -0.142. The molecule has 1 aliphatic carbocycles. The van der Waals surface area contributed by atoms with Crippen LogP contribution < -0.4 is 11.1 Å². The van der Waals surface area contributed by atoms with Gasteiger partial charge in [-0.15, -0.1) is 0 Å². The Bertz CT molecular complexity index is 251. The Kier molecular flexibility index (Phi) is 4.08. The lowest BCUT2D eigenvalue weighted by Gasteiger charge is -2.15. The van der Waals surface area contributed by atoms with Crippen molar-refractivity contribution in [1.29, 1.82) is 0 Å². The number of nitrogens with two attached hydrogens (primary N) is 1. The number of carboxylic acids is 1. The lowest BCUT2D eigenvalue weighted by atomic mass is 10.1. The third kappa shape index (κ3) is 3.87. The summed E-state index contributed by atoms with van der Waals surface area (Å²) in [4.78, 5) is 22.2. The fourth-order valence-electron chi connectivity index (χ4n) is 1.43. The van der Waals surface area contributed by atoms with E-state index in [9.17, 15) is 9.59 Å². The summed E-state index contributed by atoms with van der Waals surface area (Å²) in [6.45, 7) is 1.90. The summed E-state index contributed by atoms with van der Waals surface area (Å²) in [6, 6.07) is -0.903. The van der Waals surface area contributed by atoms with E-state index in [2.05, 4.69) is 5.32 Å². The molecule has 2 atom stereocenters. The maximum atomic E-state index is 11.4. The molecule has 1 saturated carbocycles. The van der Waals surface area contributed by atoms with Gasteiger partial charge in [0.2, 0.25) is 5.91 Å². The Balaban J connectivity index is 2.37. The number of carboxylic acid groups (broad SMARTS) is 1. The molecule has 0 bridgehead atoms. The molecule has 1 rings (SSSR count). The maximum absolute atomic E-state index is 11.4. The Labute approximate surface area is 89.0 Å². The molecule has 0 aromatic heterocycles. The van der Waals surface area contributed by atoms with Crippen LogP contribution in [0.3, 0.4) is 0 Å². The zero-order valence-corrected chi connectivity index (χ0v) is 8.90. The summed E-state index contributed by atoms with van der Waals surface area (Å²) in [6.07, 6.45) is 2.69. The monoisotopic (exact) mass is 214 g/mol. The van der Waals surface area contributed by atoms with Gasteiger partial charge in [0.05, 0.1) is 0 Å². The zero-order valence-electron chi connectivity index (χ0n) is 8.90. The van der Waals surface area contributed by atoms with E-state index < -0.39 is 12.0 Å². The number of hydrogen-bond acceptors (Lipinski definition) is 3. The van der Waals surface area contributed by atoms with Gasteiger partial charge in [-0.25, -0.2) is 4.79 Å². The minimum atomic E-state index is -0.948. The van der Waals surface area contributed by atoms with Gasteiger partial charge in [-0.1, -0.05) is 6.92 Å². The van der Waals surface area contributed by atoms with Crippen molar-refractivity contribution in [3.8, 4) is 0 Å². The van der Waals surface area contributed by atoms with Crippen molar-refractivity contribution in [1.82, 2.24) is 5.32 Å². The highest BCUT2D eigenvalue weighted by molar-refractivity contribution is 5.84. The number of nitrogens with one attached hydrogen (secondary N) is 1. The Morgan fingerprint density at radius 1 is 1.53 bits per heavy atom. The lowest BCUT2D eigenvalue weighted by Crippen LogP contribution is -2.44. The molecule has 86 valence electrons. The number of amides is 1. The van der Waals surface area contributed by atoms with Crippen LogP contribution in [0.5, 0.6) is 0 Å². The molecule has 1 fully saturated rings. The maximum Gasteiger partial charge on any atom is 0.326 e. The van der Waals surface area contributed by atoms with Crippen molar-refractivity contribution >= 4 is 11.9 Å². The van der Waals surface area contributed by atoms with E-state index in [-0.39, 0.29) is 24.3 Å². The predicted octanol–water partition coefficient (Wildman–Crippen LogP) is 0.0932. The summed E-state index contributed by atoms with van der Waals surface area (Å²) >= 11 is 0. The van der Waals surface area contributed by atoms with Gasteiger partial charge in [-0.3, -0.25) is 4.79 Å². The molecule has 0 heterocycles. The molecule has 4 N–H and O–H groups in total. The van der Waals surface area contributed by atoms with Crippen LogP contribution in [0.4, 0.5) is 0 Å². The fourth-order valence-corrected chi connectivity index (χ4v) is 1.43. The van der Waals surface area contributed by atoms with E-state index in [1.54, 1.807) is 0 Å². The fraction of sp³-hybridized carbons (Fsp3) is 0.800. The van der Waals surface area contributed by atoms with Gasteiger partial charge < -0.3 is 16.2 Å². The van der Waals surface area contributed by atoms with Crippen LogP contribution in [0.25, 0.3) is 0 Å². The minimum Gasteiger partial charge on any atom is -0.480 e. The standard InChI is InChI=1S/C10H18N2O3/c1-2-7(11)5-8(13)12-9(10(14)15)6-3-4-6/h6-7,9H,2-5,11H2,1H3,(H,12,13)(H,14,15). The van der Waals surface area contributed by atoms with Crippen LogP contribution in [-0.2, 0) is 9.59 Å². The second-order valence-corrected chi connectivity index (χ2v) is 4.09. The first-order valence-electron chi connectivity index (χ1n) is 5.32. The van der Waals surface area contributed by atoms with E-state index in [4.69, 9.17) is 10.8 Å². The summed E-state index contributed by atoms with van der Waals surface area (Å²) in [5, 5.41) is 11.4. The van der Waals surface area contributed by atoms with Gasteiger partial charge in [0, 0.05) is 12.5 Å². The molecular weight excluding hydrogens is 196 g/mol. The van der Waals surface area contributed by atoms with E-state index in [0.29, 0.717) is 6.42 Å². The molecule has 0 radical (unpaired) electrons. The molecule has 2 unspecified atom stereocenters. The van der Waals surface area contributed by atoms with Gasteiger partial charge in [0.15, 0.2) is 0 Å². The molecule has 0 aliphatic heterocycles. The van der Waals surface area contributed by atoms with E-state index in [1.807, 2.05) is 6.92 Å². The Morgan fingerprint density at radius 2 is 2.13 bits per heavy atom. The highest BCUT2D eigenvalue weighted by Gasteiger charge is 2.37. The molecule has 0 saturated heterocycles. The van der Waals surface area contributed by atoms with Crippen molar-refractivity contribution in [3.63, 3.8) is 0 Å². The SMILES string of the molecule is CCC(N)CC(=O)NC(C(=O)O)C1CC1. The summed E-state index contributed by atoms with van der Waals surface area (Å²) in [5.74, 6) is -1.09. The first-order valence-corrected chi connectivity index (χ1v) is 5.32. The van der Waals surface area contributed by atoms with Crippen molar-refractivity contribution in [2.75, 3.05) is 0 Å². The van der Waals surface area contributed by atoms with Crippen LogP contribution in [0, 0.1) is 5.92 Å². The molecule has 5 nitrogen and oxygen atoms in total. The third-order valence-corrected chi connectivity index (χ3v) is 2.65. The van der Waals surface area contributed by atoms with Crippen molar-refractivity contribution < 1.29 is 14.7 Å². The number of carbonyl (C=O) groups is 2. The average Bonchev–Trinajstić information content (AvgIpc) is 2.96. The highest BCUT2D eigenvalue weighted by Crippen LogP contribution is 2.32. The van der Waals surface area contributed by atoms with Gasteiger partial charge in [0.25, 0.3) is 0 Å². The molecule has 1 aliphatic rings. The van der Waals surface area contributed by atoms with Crippen LogP contribution in [0.1, 0.15) is 32.6 Å². The number of carbonyl (C=O) groups excluding carboxylic acids is 1. The normalized spacial score (nSPS) is 19.3. The first-order chi connectivity index (χ1) is 7.04. The zero-order chi connectivity index (χ0) is 11.4. The van der Waals surface area contributed by atoms with Crippen molar-refractivity contribution in [2.45, 2.75) is 44.7 Å². The van der Waals surface area contributed by atoms with Crippen molar-refractivity contribution in [2.24, 2.45) is 11.7 Å².